The first-order valence-electron chi connectivity index (χ1n) is 4.25. The predicted molar refractivity (Wildman–Crippen MR) is 62.0 cm³/mol. The Hall–Kier alpha value is -1.38. The van der Waals surface area contributed by atoms with Crippen molar-refractivity contribution in [3.8, 4) is 12.3 Å². The molecule has 0 radical (unpaired) electrons. The highest BCUT2D eigenvalue weighted by atomic mass is 79.9. The number of nitrogens with one attached hydrogen (secondary N) is 1. The maximum atomic E-state index is 11.4. The molecule has 0 saturated carbocycles. The Morgan fingerprint density at radius 3 is 3.00 bits per heavy atom. The lowest BCUT2D eigenvalue weighted by Gasteiger charge is -2.08. The summed E-state index contributed by atoms with van der Waals surface area (Å²) in [6.07, 6.45) is 6.80. The quantitative estimate of drug-likeness (QED) is 0.638. The van der Waals surface area contributed by atoms with Crippen molar-refractivity contribution in [2.75, 3.05) is 5.32 Å². The Balaban J connectivity index is 2.59. The summed E-state index contributed by atoms with van der Waals surface area (Å²) in [4.78, 5) is 15.4. The Kier molecular flexibility index (Phi) is 4.28. The smallest absolute Gasteiger partial charge is 0.242 e. The lowest BCUT2D eigenvalue weighted by atomic mass is 10.2. The van der Waals surface area contributed by atoms with Gasteiger partial charge in [0.25, 0.3) is 0 Å². The molecule has 1 aromatic rings. The molecular formula is C10H10BrN3O. The summed E-state index contributed by atoms with van der Waals surface area (Å²) in [6, 6.07) is 2.76. The molecule has 4 nitrogen and oxygen atoms in total. The fourth-order valence-electron chi connectivity index (χ4n) is 0.904. The number of nitrogens with two attached hydrogens (primary N) is 1. The monoisotopic (exact) mass is 267 g/mol. The van der Waals surface area contributed by atoms with Crippen molar-refractivity contribution in [2.24, 2.45) is 5.73 Å². The van der Waals surface area contributed by atoms with Gasteiger partial charge in [-0.2, -0.15) is 0 Å². The van der Waals surface area contributed by atoms with E-state index in [0.717, 1.165) is 0 Å². The normalized spacial score (nSPS) is 11.5. The Morgan fingerprint density at radius 2 is 2.47 bits per heavy atom. The van der Waals surface area contributed by atoms with E-state index >= 15 is 0 Å². The molecule has 0 saturated heterocycles. The van der Waals surface area contributed by atoms with Crippen LogP contribution in [0, 0.1) is 12.3 Å². The Bertz CT molecular complexity index is 383. The van der Waals surface area contributed by atoms with Gasteiger partial charge in [-0.15, -0.1) is 12.3 Å². The van der Waals surface area contributed by atoms with Crippen LogP contribution in [-0.2, 0) is 4.79 Å². The molecule has 5 heteroatoms. The van der Waals surface area contributed by atoms with E-state index in [0.29, 0.717) is 10.3 Å². The highest BCUT2D eigenvalue weighted by molar-refractivity contribution is 9.10. The van der Waals surface area contributed by atoms with E-state index in [9.17, 15) is 4.79 Å². The molecule has 1 rings (SSSR count). The summed E-state index contributed by atoms with van der Waals surface area (Å²) in [5.74, 6) is 2.03. The van der Waals surface area contributed by atoms with E-state index in [2.05, 4.69) is 32.2 Å². The first kappa shape index (κ1) is 11.7. The Labute approximate surface area is 96.4 Å². The van der Waals surface area contributed by atoms with Crippen molar-refractivity contribution in [1.82, 2.24) is 4.98 Å². The van der Waals surface area contributed by atoms with Gasteiger partial charge in [0.2, 0.25) is 5.91 Å². The highest BCUT2D eigenvalue weighted by Gasteiger charge is 2.11. The SMILES string of the molecule is C#CCC(N)C(=O)Nc1ccc(Br)nc1. The number of anilines is 1. The average Bonchev–Trinajstić information content (AvgIpc) is 2.22. The Morgan fingerprint density at radius 1 is 1.73 bits per heavy atom. The molecule has 1 unspecified atom stereocenters. The topological polar surface area (TPSA) is 68.0 Å². The number of carbonyl (C=O) groups is 1. The predicted octanol–water partition coefficient (Wildman–Crippen LogP) is 1.13. The van der Waals surface area contributed by atoms with Crippen LogP contribution in [0.1, 0.15) is 6.42 Å². The summed E-state index contributed by atoms with van der Waals surface area (Å²) < 4.78 is 0.702. The standard InChI is InChI=1S/C10H10BrN3O/c1-2-3-8(12)10(15)14-7-4-5-9(11)13-6-7/h1,4-6,8H,3,12H2,(H,14,15). The summed E-state index contributed by atoms with van der Waals surface area (Å²) in [5.41, 5.74) is 6.11. The van der Waals surface area contributed by atoms with E-state index in [1.54, 1.807) is 12.1 Å². The molecule has 0 aliphatic rings. The second-order valence-electron chi connectivity index (χ2n) is 2.87. The summed E-state index contributed by atoms with van der Waals surface area (Å²) >= 11 is 3.19. The summed E-state index contributed by atoms with van der Waals surface area (Å²) in [5, 5.41) is 2.61. The number of hydrogen-bond acceptors (Lipinski definition) is 3. The second-order valence-corrected chi connectivity index (χ2v) is 3.69. The fraction of sp³-hybridized carbons (Fsp3) is 0.200. The third-order valence-electron chi connectivity index (χ3n) is 1.67. The first-order chi connectivity index (χ1) is 7.13. The van der Waals surface area contributed by atoms with Gasteiger partial charge in [0.05, 0.1) is 17.9 Å². The third-order valence-corrected chi connectivity index (χ3v) is 2.14. The zero-order valence-electron chi connectivity index (χ0n) is 7.90. The van der Waals surface area contributed by atoms with Gasteiger partial charge >= 0.3 is 0 Å². The number of hydrogen-bond donors (Lipinski definition) is 2. The zero-order valence-corrected chi connectivity index (χ0v) is 9.49. The minimum Gasteiger partial charge on any atom is -0.323 e. The number of halogens is 1. The molecule has 78 valence electrons. The lowest BCUT2D eigenvalue weighted by Crippen LogP contribution is -2.35. The van der Waals surface area contributed by atoms with Gasteiger partial charge in [-0.1, -0.05) is 0 Å². The van der Waals surface area contributed by atoms with Crippen molar-refractivity contribution in [3.05, 3.63) is 22.9 Å². The van der Waals surface area contributed by atoms with E-state index in [-0.39, 0.29) is 12.3 Å². The number of carbonyl (C=O) groups excluding carboxylic acids is 1. The fourth-order valence-corrected chi connectivity index (χ4v) is 1.14. The van der Waals surface area contributed by atoms with Crippen molar-refractivity contribution >= 4 is 27.5 Å². The first-order valence-corrected chi connectivity index (χ1v) is 5.04. The molecule has 0 aliphatic carbocycles. The van der Waals surface area contributed by atoms with Crippen LogP contribution in [0.15, 0.2) is 22.9 Å². The minimum atomic E-state index is -0.682. The number of rotatable bonds is 3. The van der Waals surface area contributed by atoms with Crippen LogP contribution in [0.25, 0.3) is 0 Å². The molecule has 3 N–H and O–H groups in total. The molecule has 1 atom stereocenters. The number of aromatic nitrogens is 1. The van der Waals surface area contributed by atoms with Crippen LogP contribution in [0.5, 0.6) is 0 Å². The molecule has 15 heavy (non-hydrogen) atoms. The van der Waals surface area contributed by atoms with Crippen molar-refractivity contribution in [1.29, 1.82) is 0 Å². The zero-order chi connectivity index (χ0) is 11.3. The molecular weight excluding hydrogens is 258 g/mol. The van der Waals surface area contributed by atoms with Gasteiger partial charge < -0.3 is 11.1 Å². The van der Waals surface area contributed by atoms with E-state index < -0.39 is 6.04 Å². The van der Waals surface area contributed by atoms with Crippen LogP contribution in [0.2, 0.25) is 0 Å². The van der Waals surface area contributed by atoms with Crippen LogP contribution in [0.4, 0.5) is 5.69 Å². The maximum Gasteiger partial charge on any atom is 0.242 e. The molecule has 0 spiro atoms. The molecule has 0 bridgehead atoms. The number of terminal acetylenes is 1. The van der Waals surface area contributed by atoms with Crippen molar-refractivity contribution in [2.45, 2.75) is 12.5 Å². The van der Waals surface area contributed by atoms with E-state index in [1.165, 1.54) is 6.20 Å². The maximum absolute atomic E-state index is 11.4. The van der Waals surface area contributed by atoms with Gasteiger partial charge in [0.15, 0.2) is 0 Å². The summed E-state index contributed by atoms with van der Waals surface area (Å²) in [6.45, 7) is 0. The van der Waals surface area contributed by atoms with E-state index in [1.807, 2.05) is 0 Å². The molecule has 0 aromatic carbocycles. The third kappa shape index (κ3) is 3.70. The molecule has 0 aliphatic heterocycles. The van der Waals surface area contributed by atoms with Gasteiger partial charge in [-0.05, 0) is 28.1 Å². The molecule has 0 fully saturated rings. The second kappa shape index (κ2) is 5.49. The molecule has 1 amide bonds. The van der Waals surface area contributed by atoms with Gasteiger partial charge in [-0.3, -0.25) is 4.79 Å². The highest BCUT2D eigenvalue weighted by Crippen LogP contribution is 2.10. The van der Waals surface area contributed by atoms with Crippen LogP contribution in [0.3, 0.4) is 0 Å². The van der Waals surface area contributed by atoms with Crippen molar-refractivity contribution < 1.29 is 4.79 Å². The van der Waals surface area contributed by atoms with E-state index in [4.69, 9.17) is 12.2 Å². The number of pyridine rings is 1. The molecule has 1 aromatic heterocycles. The van der Waals surface area contributed by atoms with Crippen LogP contribution in [-0.4, -0.2) is 16.9 Å². The van der Waals surface area contributed by atoms with Crippen LogP contribution >= 0.6 is 15.9 Å². The van der Waals surface area contributed by atoms with Crippen LogP contribution < -0.4 is 11.1 Å². The van der Waals surface area contributed by atoms with Crippen molar-refractivity contribution in [3.63, 3.8) is 0 Å². The number of amides is 1. The van der Waals surface area contributed by atoms with Gasteiger partial charge in [0, 0.05) is 6.42 Å². The van der Waals surface area contributed by atoms with Gasteiger partial charge in [0.1, 0.15) is 4.60 Å². The average molecular weight is 268 g/mol. The summed E-state index contributed by atoms with van der Waals surface area (Å²) in [7, 11) is 0. The number of nitrogens with zero attached hydrogens (tertiary/aromatic N) is 1. The largest absolute Gasteiger partial charge is 0.323 e. The van der Waals surface area contributed by atoms with Gasteiger partial charge in [-0.25, -0.2) is 4.98 Å². The lowest BCUT2D eigenvalue weighted by molar-refractivity contribution is -0.117. The molecule has 1 heterocycles. The minimum absolute atomic E-state index is 0.218.